The predicted octanol–water partition coefficient (Wildman–Crippen LogP) is 1.30. The van der Waals surface area contributed by atoms with Crippen molar-refractivity contribution in [1.29, 1.82) is 0 Å². The summed E-state index contributed by atoms with van der Waals surface area (Å²) >= 11 is 0. The number of sulfonamides is 1. The highest BCUT2D eigenvalue weighted by molar-refractivity contribution is 7.90. The average Bonchev–Trinajstić information content (AvgIpc) is 2.52. The molecule has 0 atom stereocenters. The van der Waals surface area contributed by atoms with Crippen LogP contribution in [0.5, 0.6) is 0 Å². The quantitative estimate of drug-likeness (QED) is 0.635. The van der Waals surface area contributed by atoms with Crippen molar-refractivity contribution in [1.82, 2.24) is 4.72 Å². The highest BCUT2D eigenvalue weighted by Gasteiger charge is 2.29. The van der Waals surface area contributed by atoms with Crippen LogP contribution in [0.4, 0.5) is 0 Å². The minimum Gasteiger partial charge on any atom is -0.267 e. The zero-order chi connectivity index (χ0) is 11.6. The molecule has 1 aromatic carbocycles. The molecule has 0 bridgehead atoms. The zero-order valence-electron chi connectivity index (χ0n) is 8.68. The van der Waals surface area contributed by atoms with Crippen molar-refractivity contribution >= 4 is 15.9 Å². The molecular weight excluding hydrogens is 224 g/mol. The normalized spacial score (nSPS) is 19.1. The van der Waals surface area contributed by atoms with E-state index >= 15 is 0 Å². The number of nitrogens with zero attached hydrogens (tertiary/aromatic N) is 1. The molecule has 2 rings (SSSR count). The van der Waals surface area contributed by atoms with Crippen LogP contribution in [0, 0.1) is 0 Å². The average molecular weight is 236 g/mol. The first-order valence-corrected chi connectivity index (χ1v) is 6.41. The van der Waals surface area contributed by atoms with Crippen molar-refractivity contribution in [2.75, 3.05) is 6.54 Å². The maximum Gasteiger partial charge on any atom is 0.263 e. The van der Waals surface area contributed by atoms with Crippen LogP contribution in [0.15, 0.2) is 46.8 Å². The lowest BCUT2D eigenvalue weighted by Gasteiger charge is -1.96. The van der Waals surface area contributed by atoms with Crippen molar-refractivity contribution in [3.63, 3.8) is 0 Å². The minimum atomic E-state index is -3.40. The van der Waals surface area contributed by atoms with Gasteiger partial charge in [0.2, 0.25) is 0 Å². The van der Waals surface area contributed by atoms with Gasteiger partial charge in [0.05, 0.1) is 4.90 Å². The monoisotopic (exact) mass is 236 g/mol. The van der Waals surface area contributed by atoms with Gasteiger partial charge < -0.3 is 0 Å². The standard InChI is InChI=1S/C11H12N2O2S/c1-2-3-8-12-11-9-6-4-5-7-10(9)16(14,15)13-11/h2,4-7H,1,3,8H2,(H,12,13). The Morgan fingerprint density at radius 3 is 2.88 bits per heavy atom. The van der Waals surface area contributed by atoms with Gasteiger partial charge in [0, 0.05) is 12.1 Å². The van der Waals surface area contributed by atoms with E-state index in [0.29, 0.717) is 22.8 Å². The van der Waals surface area contributed by atoms with E-state index in [9.17, 15) is 8.42 Å². The fourth-order valence-corrected chi connectivity index (χ4v) is 2.77. The Balaban J connectivity index is 2.41. The van der Waals surface area contributed by atoms with Gasteiger partial charge in [0.15, 0.2) is 0 Å². The number of hydrogen-bond donors (Lipinski definition) is 1. The Bertz CT molecular complexity index is 547. The first-order chi connectivity index (χ1) is 7.65. The van der Waals surface area contributed by atoms with Crippen molar-refractivity contribution in [3.8, 4) is 0 Å². The van der Waals surface area contributed by atoms with Gasteiger partial charge in [-0.2, -0.15) is 0 Å². The van der Waals surface area contributed by atoms with Gasteiger partial charge in [0.1, 0.15) is 5.84 Å². The molecule has 0 saturated heterocycles. The molecule has 0 aromatic heterocycles. The van der Waals surface area contributed by atoms with E-state index < -0.39 is 10.0 Å². The van der Waals surface area contributed by atoms with Crippen LogP contribution in [-0.2, 0) is 10.0 Å². The highest BCUT2D eigenvalue weighted by atomic mass is 32.2. The molecule has 0 saturated carbocycles. The number of fused-ring (bicyclic) bond motifs is 1. The van der Waals surface area contributed by atoms with Gasteiger partial charge in [-0.25, -0.2) is 8.42 Å². The highest BCUT2D eigenvalue weighted by Crippen LogP contribution is 2.21. The molecule has 0 fully saturated rings. The summed E-state index contributed by atoms with van der Waals surface area (Å²) in [5.74, 6) is 0.428. The summed E-state index contributed by atoms with van der Waals surface area (Å²) in [7, 11) is -3.40. The molecule has 1 aliphatic heterocycles. The second kappa shape index (κ2) is 4.09. The fourth-order valence-electron chi connectivity index (χ4n) is 1.52. The SMILES string of the molecule is C=CCCN=C1NS(=O)(=O)c2ccccc21. The first kappa shape index (κ1) is 10.9. The predicted molar refractivity (Wildman–Crippen MR) is 63.0 cm³/mol. The smallest absolute Gasteiger partial charge is 0.263 e. The third-order valence-corrected chi connectivity index (χ3v) is 3.66. The van der Waals surface area contributed by atoms with E-state index in [2.05, 4.69) is 16.3 Å². The van der Waals surface area contributed by atoms with E-state index in [1.807, 2.05) is 0 Å². The number of rotatable bonds is 3. The fraction of sp³-hybridized carbons (Fsp3) is 0.182. The summed E-state index contributed by atoms with van der Waals surface area (Å²) in [5.41, 5.74) is 0.645. The number of nitrogens with one attached hydrogen (secondary N) is 1. The molecule has 5 heteroatoms. The number of benzene rings is 1. The van der Waals surface area contributed by atoms with Crippen molar-refractivity contribution in [2.45, 2.75) is 11.3 Å². The number of hydrogen-bond acceptors (Lipinski definition) is 3. The summed E-state index contributed by atoms with van der Waals surface area (Å²) in [6, 6.07) is 6.82. The lowest BCUT2D eigenvalue weighted by Crippen LogP contribution is -2.22. The molecule has 16 heavy (non-hydrogen) atoms. The second-order valence-electron chi connectivity index (χ2n) is 3.41. The van der Waals surface area contributed by atoms with Crippen molar-refractivity contribution < 1.29 is 8.42 Å². The van der Waals surface area contributed by atoms with Gasteiger partial charge in [-0.1, -0.05) is 18.2 Å². The second-order valence-corrected chi connectivity index (χ2v) is 5.06. The molecule has 4 nitrogen and oxygen atoms in total. The molecule has 1 heterocycles. The summed E-state index contributed by atoms with van der Waals surface area (Å²) < 4.78 is 25.8. The van der Waals surface area contributed by atoms with Crippen LogP contribution in [0.2, 0.25) is 0 Å². The summed E-state index contributed by atoms with van der Waals surface area (Å²) in [6.45, 7) is 4.13. The molecular formula is C11H12N2O2S. The van der Waals surface area contributed by atoms with Gasteiger partial charge in [-0.15, -0.1) is 6.58 Å². The van der Waals surface area contributed by atoms with Gasteiger partial charge in [0.25, 0.3) is 10.0 Å². The zero-order valence-corrected chi connectivity index (χ0v) is 9.50. The Morgan fingerprint density at radius 1 is 1.38 bits per heavy atom. The summed E-state index contributed by atoms with van der Waals surface area (Å²) in [5, 5.41) is 0. The van der Waals surface area contributed by atoms with Crippen LogP contribution < -0.4 is 4.72 Å². The van der Waals surface area contributed by atoms with E-state index in [-0.39, 0.29) is 0 Å². The van der Waals surface area contributed by atoms with Gasteiger partial charge in [-0.3, -0.25) is 9.71 Å². The Kier molecular flexibility index (Phi) is 2.78. The molecule has 1 aromatic rings. The topological polar surface area (TPSA) is 58.5 Å². The molecule has 84 valence electrons. The Hall–Kier alpha value is -1.62. The minimum absolute atomic E-state index is 0.298. The lowest BCUT2D eigenvalue weighted by atomic mass is 10.2. The Labute approximate surface area is 94.8 Å². The van der Waals surface area contributed by atoms with Gasteiger partial charge in [-0.05, 0) is 18.6 Å². The van der Waals surface area contributed by atoms with Crippen LogP contribution in [0.1, 0.15) is 12.0 Å². The lowest BCUT2D eigenvalue weighted by molar-refractivity contribution is 0.595. The Morgan fingerprint density at radius 2 is 2.12 bits per heavy atom. The van der Waals surface area contributed by atoms with E-state index in [4.69, 9.17) is 0 Å². The third-order valence-electron chi connectivity index (χ3n) is 2.27. The van der Waals surface area contributed by atoms with Crippen molar-refractivity contribution in [2.24, 2.45) is 4.99 Å². The van der Waals surface area contributed by atoms with Crippen molar-refractivity contribution in [3.05, 3.63) is 42.5 Å². The molecule has 0 spiro atoms. The summed E-state index contributed by atoms with van der Waals surface area (Å²) in [6.07, 6.45) is 2.48. The third kappa shape index (κ3) is 1.86. The van der Waals surface area contributed by atoms with Crippen LogP contribution >= 0.6 is 0 Å². The maximum atomic E-state index is 11.7. The van der Waals surface area contributed by atoms with E-state index in [1.54, 1.807) is 30.3 Å². The maximum absolute atomic E-state index is 11.7. The van der Waals surface area contributed by atoms with E-state index in [0.717, 1.165) is 6.42 Å². The van der Waals surface area contributed by atoms with Gasteiger partial charge >= 0.3 is 0 Å². The number of amidine groups is 1. The van der Waals surface area contributed by atoms with E-state index in [1.165, 1.54) is 0 Å². The van der Waals surface area contributed by atoms with Crippen LogP contribution in [-0.4, -0.2) is 20.8 Å². The number of aliphatic imine (C=N–C) groups is 1. The molecule has 0 aliphatic carbocycles. The summed E-state index contributed by atoms with van der Waals surface area (Å²) in [4.78, 5) is 4.50. The molecule has 0 unspecified atom stereocenters. The molecule has 1 aliphatic rings. The van der Waals surface area contributed by atoms with Crippen LogP contribution in [0.3, 0.4) is 0 Å². The largest absolute Gasteiger partial charge is 0.267 e. The van der Waals surface area contributed by atoms with Crippen LogP contribution in [0.25, 0.3) is 0 Å². The molecule has 1 N–H and O–H groups in total. The molecule has 0 amide bonds. The first-order valence-electron chi connectivity index (χ1n) is 4.93. The molecule has 0 radical (unpaired) electrons.